The van der Waals surface area contributed by atoms with Gasteiger partial charge < -0.3 is 19.7 Å². The van der Waals surface area contributed by atoms with Crippen molar-refractivity contribution < 1.29 is 14.3 Å². The van der Waals surface area contributed by atoms with Crippen LogP contribution in [-0.4, -0.2) is 30.0 Å². The minimum Gasteiger partial charge on any atom is -0.454 e. The second-order valence-electron chi connectivity index (χ2n) is 5.77. The number of para-hydroxylation sites is 1. The Morgan fingerprint density at radius 3 is 2.92 bits per heavy atom. The van der Waals surface area contributed by atoms with Crippen molar-refractivity contribution in [1.29, 1.82) is 0 Å². The molecule has 1 saturated heterocycles. The van der Waals surface area contributed by atoms with Crippen LogP contribution in [0.4, 0.5) is 10.5 Å². The first-order chi connectivity index (χ1) is 11.7. The summed E-state index contributed by atoms with van der Waals surface area (Å²) in [5, 5.41) is 3.01. The summed E-state index contributed by atoms with van der Waals surface area (Å²) in [5.41, 5.74) is 2.96. The number of hydrogen-bond donors (Lipinski definition) is 1. The summed E-state index contributed by atoms with van der Waals surface area (Å²) in [6.07, 6.45) is 0. The highest BCUT2D eigenvalue weighted by molar-refractivity contribution is 7.99. The smallest absolute Gasteiger partial charge is 0.323 e. The number of anilines is 1. The van der Waals surface area contributed by atoms with Crippen molar-refractivity contribution in [1.82, 2.24) is 4.90 Å². The topological polar surface area (TPSA) is 50.8 Å². The highest BCUT2D eigenvalue weighted by atomic mass is 32.2. The molecule has 0 bridgehead atoms. The van der Waals surface area contributed by atoms with Crippen LogP contribution >= 0.6 is 11.8 Å². The zero-order valence-electron chi connectivity index (χ0n) is 13.3. The molecule has 0 spiro atoms. The van der Waals surface area contributed by atoms with E-state index in [1.165, 1.54) is 0 Å². The van der Waals surface area contributed by atoms with Crippen molar-refractivity contribution in [2.24, 2.45) is 0 Å². The van der Waals surface area contributed by atoms with Crippen LogP contribution < -0.4 is 14.8 Å². The Bertz CT molecular complexity index is 781. The Hall–Kier alpha value is -2.34. The zero-order chi connectivity index (χ0) is 16.5. The van der Waals surface area contributed by atoms with E-state index in [2.05, 4.69) is 5.32 Å². The number of rotatable bonds is 2. The lowest BCUT2D eigenvalue weighted by molar-refractivity contribution is 0.174. The zero-order valence-corrected chi connectivity index (χ0v) is 14.1. The molecule has 2 amide bonds. The van der Waals surface area contributed by atoms with E-state index in [9.17, 15) is 4.79 Å². The van der Waals surface area contributed by atoms with Gasteiger partial charge in [-0.2, -0.15) is 0 Å². The fraction of sp³-hybridized carbons (Fsp3) is 0.278. The molecule has 1 N–H and O–H groups in total. The molecule has 5 nitrogen and oxygen atoms in total. The molecule has 0 aliphatic carbocycles. The van der Waals surface area contributed by atoms with E-state index in [0.29, 0.717) is 0 Å². The lowest BCUT2D eigenvalue weighted by atomic mass is 10.2. The van der Waals surface area contributed by atoms with Crippen LogP contribution in [0.15, 0.2) is 42.5 Å². The largest absolute Gasteiger partial charge is 0.454 e. The number of hydrogen-bond acceptors (Lipinski definition) is 4. The SMILES string of the molecule is Cc1ccccc1NC(=O)N1CCSC1c1ccc2c(c1)OCO2. The first-order valence-corrected chi connectivity index (χ1v) is 8.91. The molecular formula is C18H18N2O3S. The Labute approximate surface area is 144 Å². The Morgan fingerprint density at radius 1 is 1.21 bits per heavy atom. The van der Waals surface area contributed by atoms with Crippen molar-refractivity contribution in [3.05, 3.63) is 53.6 Å². The number of fused-ring (bicyclic) bond motifs is 1. The second kappa shape index (κ2) is 6.28. The Morgan fingerprint density at radius 2 is 2.04 bits per heavy atom. The van der Waals surface area contributed by atoms with E-state index in [-0.39, 0.29) is 18.2 Å². The normalized spacial score (nSPS) is 18.7. The van der Waals surface area contributed by atoms with E-state index < -0.39 is 0 Å². The van der Waals surface area contributed by atoms with Crippen molar-refractivity contribution in [2.75, 3.05) is 24.4 Å². The van der Waals surface area contributed by atoms with Gasteiger partial charge in [-0.05, 0) is 36.2 Å². The summed E-state index contributed by atoms with van der Waals surface area (Å²) in [6, 6.07) is 13.6. The van der Waals surface area contributed by atoms with Crippen molar-refractivity contribution >= 4 is 23.5 Å². The maximum Gasteiger partial charge on any atom is 0.323 e. The Balaban J connectivity index is 1.54. The summed E-state index contributed by atoms with van der Waals surface area (Å²) < 4.78 is 10.8. The van der Waals surface area contributed by atoms with Crippen LogP contribution in [-0.2, 0) is 0 Å². The molecule has 2 heterocycles. The fourth-order valence-corrected chi connectivity index (χ4v) is 4.17. The highest BCUT2D eigenvalue weighted by Gasteiger charge is 2.32. The van der Waals surface area contributed by atoms with Crippen LogP contribution in [0.5, 0.6) is 11.5 Å². The molecule has 124 valence electrons. The quantitative estimate of drug-likeness (QED) is 0.896. The number of aryl methyl sites for hydroxylation is 1. The van der Waals surface area contributed by atoms with Gasteiger partial charge in [0.15, 0.2) is 11.5 Å². The lowest BCUT2D eigenvalue weighted by Crippen LogP contribution is -2.34. The van der Waals surface area contributed by atoms with Crippen LogP contribution in [0.25, 0.3) is 0 Å². The molecule has 1 fully saturated rings. The van der Waals surface area contributed by atoms with Crippen LogP contribution in [0.1, 0.15) is 16.5 Å². The van der Waals surface area contributed by atoms with Crippen molar-refractivity contribution in [3.8, 4) is 11.5 Å². The minimum absolute atomic E-state index is 0.0106. The maximum absolute atomic E-state index is 12.7. The van der Waals surface area contributed by atoms with Gasteiger partial charge in [-0.15, -0.1) is 11.8 Å². The van der Waals surface area contributed by atoms with Gasteiger partial charge >= 0.3 is 6.03 Å². The summed E-state index contributed by atoms with van der Waals surface area (Å²) in [7, 11) is 0. The summed E-state index contributed by atoms with van der Waals surface area (Å²) in [6.45, 7) is 2.97. The second-order valence-corrected chi connectivity index (χ2v) is 6.96. The molecule has 2 aliphatic heterocycles. The van der Waals surface area contributed by atoms with Crippen LogP contribution in [0, 0.1) is 6.92 Å². The molecule has 2 aromatic rings. The van der Waals surface area contributed by atoms with E-state index in [0.717, 1.165) is 40.6 Å². The fourth-order valence-electron chi connectivity index (χ4n) is 2.92. The van der Waals surface area contributed by atoms with Crippen molar-refractivity contribution in [2.45, 2.75) is 12.3 Å². The van der Waals surface area contributed by atoms with Gasteiger partial charge in [0.25, 0.3) is 0 Å². The standard InChI is InChI=1S/C18H18N2O3S/c1-12-4-2-3-5-14(12)19-18(21)20-8-9-24-17(20)13-6-7-15-16(10-13)23-11-22-15/h2-7,10,17H,8-9,11H2,1H3,(H,19,21). The first kappa shape index (κ1) is 15.2. The van der Waals surface area contributed by atoms with Gasteiger partial charge in [0, 0.05) is 18.0 Å². The molecule has 0 saturated carbocycles. The Kier molecular flexibility index (Phi) is 3.98. The van der Waals surface area contributed by atoms with E-state index in [4.69, 9.17) is 9.47 Å². The number of thioether (sulfide) groups is 1. The maximum atomic E-state index is 12.7. The lowest BCUT2D eigenvalue weighted by Gasteiger charge is -2.25. The molecule has 6 heteroatoms. The molecule has 0 radical (unpaired) electrons. The summed E-state index contributed by atoms with van der Waals surface area (Å²) >= 11 is 1.76. The molecule has 1 unspecified atom stereocenters. The summed E-state index contributed by atoms with van der Waals surface area (Å²) in [5.74, 6) is 2.43. The molecular weight excluding hydrogens is 324 g/mol. The molecule has 2 aliphatic rings. The van der Waals surface area contributed by atoms with Gasteiger partial charge in [0.2, 0.25) is 6.79 Å². The monoisotopic (exact) mass is 342 g/mol. The van der Waals surface area contributed by atoms with Crippen molar-refractivity contribution in [3.63, 3.8) is 0 Å². The number of amides is 2. The predicted molar refractivity (Wildman–Crippen MR) is 94.7 cm³/mol. The average molecular weight is 342 g/mol. The number of nitrogens with zero attached hydrogens (tertiary/aromatic N) is 1. The van der Waals surface area contributed by atoms with Gasteiger partial charge in [-0.1, -0.05) is 24.3 Å². The number of urea groups is 1. The minimum atomic E-state index is -0.0723. The molecule has 0 aromatic heterocycles. The summed E-state index contributed by atoms with van der Waals surface area (Å²) in [4.78, 5) is 14.6. The van der Waals surface area contributed by atoms with E-state index in [1.807, 2.05) is 54.3 Å². The van der Waals surface area contributed by atoms with Crippen LogP contribution in [0.3, 0.4) is 0 Å². The average Bonchev–Trinajstić information content (AvgIpc) is 3.25. The number of benzene rings is 2. The molecule has 1 atom stereocenters. The number of ether oxygens (including phenoxy) is 2. The third-order valence-electron chi connectivity index (χ3n) is 4.22. The number of carbonyl (C=O) groups excluding carboxylic acids is 1. The first-order valence-electron chi connectivity index (χ1n) is 7.87. The third kappa shape index (κ3) is 2.78. The number of nitrogens with one attached hydrogen (secondary N) is 1. The third-order valence-corrected chi connectivity index (χ3v) is 5.48. The molecule has 24 heavy (non-hydrogen) atoms. The van der Waals surface area contributed by atoms with Gasteiger partial charge in [0.05, 0.1) is 0 Å². The highest BCUT2D eigenvalue weighted by Crippen LogP contribution is 2.42. The molecule has 2 aromatic carbocycles. The van der Waals surface area contributed by atoms with E-state index >= 15 is 0 Å². The predicted octanol–water partition coefficient (Wildman–Crippen LogP) is 4.00. The van der Waals surface area contributed by atoms with Crippen LogP contribution in [0.2, 0.25) is 0 Å². The van der Waals surface area contributed by atoms with Gasteiger partial charge in [-0.3, -0.25) is 0 Å². The van der Waals surface area contributed by atoms with Gasteiger partial charge in [-0.25, -0.2) is 4.79 Å². The number of carbonyl (C=O) groups is 1. The molecule has 4 rings (SSSR count). The van der Waals surface area contributed by atoms with Gasteiger partial charge in [0.1, 0.15) is 5.37 Å². The van der Waals surface area contributed by atoms with E-state index in [1.54, 1.807) is 11.8 Å².